The Kier molecular flexibility index (Phi) is 3.26. The molecule has 1 heterocycles. The van der Waals surface area contributed by atoms with E-state index in [0.717, 1.165) is 4.47 Å². The molecule has 1 aliphatic heterocycles. The minimum Gasteiger partial charge on any atom is -0.118 e. The van der Waals surface area contributed by atoms with Gasteiger partial charge in [0, 0.05) is 14.6 Å². The average molecular weight is 305 g/mol. The fraction of sp³-hybridized carbons (Fsp3) is 0.200. The van der Waals surface area contributed by atoms with E-state index < -0.39 is 0 Å². The Bertz CT molecular complexity index is 519. The fourth-order valence-corrected chi connectivity index (χ4v) is 3.81. The van der Waals surface area contributed by atoms with Gasteiger partial charge < -0.3 is 0 Å². The molecule has 2 heteroatoms. The van der Waals surface area contributed by atoms with Crippen molar-refractivity contribution < 1.29 is 0 Å². The second-order valence-electron chi connectivity index (χ2n) is 4.30. The second kappa shape index (κ2) is 4.87. The Morgan fingerprint density at radius 2 is 1.76 bits per heavy atom. The van der Waals surface area contributed by atoms with Crippen molar-refractivity contribution in [1.29, 1.82) is 0 Å². The first-order valence-corrected chi connectivity index (χ1v) is 7.50. The van der Waals surface area contributed by atoms with E-state index in [4.69, 9.17) is 0 Å². The maximum absolute atomic E-state index is 3.49. The van der Waals surface area contributed by atoms with Gasteiger partial charge in [0.05, 0.1) is 0 Å². The van der Waals surface area contributed by atoms with E-state index in [0.29, 0.717) is 5.25 Å². The van der Waals surface area contributed by atoms with Crippen molar-refractivity contribution >= 4 is 27.7 Å². The summed E-state index contributed by atoms with van der Waals surface area (Å²) in [5, 5.41) is 0.609. The summed E-state index contributed by atoms with van der Waals surface area (Å²) in [7, 11) is 0. The van der Waals surface area contributed by atoms with Crippen LogP contribution in [0.5, 0.6) is 0 Å². The van der Waals surface area contributed by atoms with Gasteiger partial charge in [-0.2, -0.15) is 0 Å². The monoisotopic (exact) mass is 304 g/mol. The van der Waals surface area contributed by atoms with Gasteiger partial charge in [-0.25, -0.2) is 0 Å². The van der Waals surface area contributed by atoms with Crippen LogP contribution in [0, 0.1) is 0 Å². The van der Waals surface area contributed by atoms with Crippen molar-refractivity contribution in [2.45, 2.75) is 23.0 Å². The van der Waals surface area contributed by atoms with Crippen molar-refractivity contribution in [2.75, 3.05) is 0 Å². The lowest BCUT2D eigenvalue weighted by atomic mass is 10.0. The summed E-state index contributed by atoms with van der Waals surface area (Å²) < 4.78 is 1.16. The second-order valence-corrected chi connectivity index (χ2v) is 6.46. The summed E-state index contributed by atoms with van der Waals surface area (Å²) in [6.07, 6.45) is 2.44. The van der Waals surface area contributed by atoms with Crippen LogP contribution in [0.2, 0.25) is 0 Å². The number of hydrogen-bond acceptors (Lipinski definition) is 1. The predicted octanol–water partition coefficient (Wildman–Crippen LogP) is 5.23. The zero-order chi connectivity index (χ0) is 11.7. The Hall–Kier alpha value is -0.730. The minimum absolute atomic E-state index is 0.609. The number of rotatable bonds is 1. The number of thioether (sulfide) groups is 1. The topological polar surface area (TPSA) is 0 Å². The van der Waals surface area contributed by atoms with Crippen molar-refractivity contribution in [3.8, 4) is 0 Å². The number of hydrogen-bond donors (Lipinski definition) is 0. The van der Waals surface area contributed by atoms with Crippen molar-refractivity contribution in [1.82, 2.24) is 0 Å². The summed E-state index contributed by atoms with van der Waals surface area (Å²) >= 11 is 5.49. The first-order chi connectivity index (χ1) is 8.33. The minimum atomic E-state index is 0.609. The van der Waals surface area contributed by atoms with Gasteiger partial charge >= 0.3 is 0 Å². The van der Waals surface area contributed by atoms with E-state index in [1.54, 1.807) is 0 Å². The van der Waals surface area contributed by atoms with Crippen molar-refractivity contribution in [3.05, 3.63) is 64.1 Å². The third-order valence-electron chi connectivity index (χ3n) is 3.16. The van der Waals surface area contributed by atoms with Gasteiger partial charge in [0.15, 0.2) is 0 Å². The van der Waals surface area contributed by atoms with Crippen LogP contribution in [0.3, 0.4) is 0 Å². The molecule has 0 saturated carbocycles. The molecule has 0 bridgehead atoms. The third kappa shape index (κ3) is 2.43. The fourth-order valence-electron chi connectivity index (χ4n) is 2.24. The molecule has 0 radical (unpaired) electrons. The molecule has 17 heavy (non-hydrogen) atoms. The van der Waals surface area contributed by atoms with E-state index >= 15 is 0 Å². The molecule has 0 spiro atoms. The highest BCUT2D eigenvalue weighted by molar-refractivity contribution is 9.10. The van der Waals surface area contributed by atoms with Gasteiger partial charge in [0.25, 0.3) is 0 Å². The molecule has 0 fully saturated rings. The molecule has 0 N–H and O–H groups in total. The first kappa shape index (κ1) is 11.4. The average Bonchev–Trinajstić information content (AvgIpc) is 2.39. The van der Waals surface area contributed by atoms with Crippen LogP contribution < -0.4 is 0 Å². The highest BCUT2D eigenvalue weighted by atomic mass is 79.9. The standard InChI is InChI=1S/C15H13BrS/c16-13-8-5-12(6-9-13)15-10-7-11-3-1-2-4-14(11)17-15/h1-6,8-9,15H,7,10H2/t15-/m1/s1. The Morgan fingerprint density at radius 3 is 2.59 bits per heavy atom. The summed E-state index contributed by atoms with van der Waals surface area (Å²) in [4.78, 5) is 1.45. The highest BCUT2D eigenvalue weighted by Crippen LogP contribution is 2.44. The third-order valence-corrected chi connectivity index (χ3v) is 5.13. The van der Waals surface area contributed by atoms with Crippen LogP contribution in [0.4, 0.5) is 0 Å². The lowest BCUT2D eigenvalue weighted by Crippen LogP contribution is -2.04. The Morgan fingerprint density at radius 1 is 1.00 bits per heavy atom. The molecule has 0 aromatic heterocycles. The van der Waals surface area contributed by atoms with Crippen molar-refractivity contribution in [2.24, 2.45) is 0 Å². The van der Waals surface area contributed by atoms with Crippen LogP contribution >= 0.6 is 27.7 Å². The van der Waals surface area contributed by atoms with Crippen molar-refractivity contribution in [3.63, 3.8) is 0 Å². The van der Waals surface area contributed by atoms with Gasteiger partial charge in [0.1, 0.15) is 0 Å². The number of halogens is 1. The molecule has 0 unspecified atom stereocenters. The summed E-state index contributed by atoms with van der Waals surface area (Å²) in [5.74, 6) is 0. The number of benzene rings is 2. The molecule has 86 valence electrons. The maximum Gasteiger partial charge on any atom is 0.0347 e. The van der Waals surface area contributed by atoms with Gasteiger partial charge in [-0.05, 0) is 42.2 Å². The van der Waals surface area contributed by atoms with Gasteiger partial charge in [-0.15, -0.1) is 11.8 Å². The zero-order valence-corrected chi connectivity index (χ0v) is 11.8. The highest BCUT2D eigenvalue weighted by Gasteiger charge is 2.20. The molecular formula is C15H13BrS. The van der Waals surface area contributed by atoms with E-state index in [1.807, 2.05) is 11.8 Å². The summed E-state index contributed by atoms with van der Waals surface area (Å²) in [5.41, 5.74) is 2.94. The van der Waals surface area contributed by atoms with E-state index in [2.05, 4.69) is 64.5 Å². The SMILES string of the molecule is Brc1ccc([C@H]2CCc3ccccc3S2)cc1. The molecule has 0 saturated heterocycles. The molecule has 3 rings (SSSR count). The van der Waals surface area contributed by atoms with Crippen LogP contribution in [-0.2, 0) is 6.42 Å². The smallest absolute Gasteiger partial charge is 0.0347 e. The zero-order valence-electron chi connectivity index (χ0n) is 9.40. The van der Waals surface area contributed by atoms with Crippen LogP contribution in [0.25, 0.3) is 0 Å². The largest absolute Gasteiger partial charge is 0.118 e. The number of aryl methyl sites for hydroxylation is 1. The molecule has 2 aromatic carbocycles. The summed E-state index contributed by atoms with van der Waals surface area (Å²) in [6, 6.07) is 17.5. The van der Waals surface area contributed by atoms with E-state index in [9.17, 15) is 0 Å². The Labute approximate surface area is 115 Å². The van der Waals surface area contributed by atoms with E-state index in [1.165, 1.54) is 28.9 Å². The summed E-state index contributed by atoms with van der Waals surface area (Å²) in [6.45, 7) is 0. The van der Waals surface area contributed by atoms with Crippen LogP contribution in [0.15, 0.2) is 57.9 Å². The van der Waals surface area contributed by atoms with Gasteiger partial charge in [-0.1, -0.05) is 46.3 Å². The molecule has 1 atom stereocenters. The molecule has 0 aliphatic carbocycles. The molecule has 1 aliphatic rings. The maximum atomic E-state index is 3.49. The van der Waals surface area contributed by atoms with Crippen LogP contribution in [-0.4, -0.2) is 0 Å². The molecule has 2 aromatic rings. The van der Waals surface area contributed by atoms with E-state index in [-0.39, 0.29) is 0 Å². The van der Waals surface area contributed by atoms with Gasteiger partial charge in [0.2, 0.25) is 0 Å². The predicted molar refractivity (Wildman–Crippen MR) is 77.5 cm³/mol. The molecular weight excluding hydrogens is 292 g/mol. The first-order valence-electron chi connectivity index (χ1n) is 5.83. The molecule has 0 nitrogen and oxygen atoms in total. The molecule has 0 amide bonds. The lowest BCUT2D eigenvalue weighted by molar-refractivity contribution is 0.771. The number of fused-ring (bicyclic) bond motifs is 1. The normalized spacial score (nSPS) is 18.8. The van der Waals surface area contributed by atoms with Gasteiger partial charge in [-0.3, -0.25) is 0 Å². The Balaban J connectivity index is 1.86. The van der Waals surface area contributed by atoms with Crippen LogP contribution in [0.1, 0.15) is 22.8 Å². The quantitative estimate of drug-likeness (QED) is 0.695. The lowest BCUT2D eigenvalue weighted by Gasteiger charge is -2.24.